The smallest absolute Gasteiger partial charge is 0.206 e. The molecule has 0 aromatic heterocycles. The summed E-state index contributed by atoms with van der Waals surface area (Å²) in [5, 5.41) is 0. The second-order valence-electron chi connectivity index (χ2n) is 4.03. The van der Waals surface area contributed by atoms with Crippen LogP contribution in [0.2, 0.25) is 0 Å². The van der Waals surface area contributed by atoms with Crippen molar-refractivity contribution in [3.63, 3.8) is 0 Å². The van der Waals surface area contributed by atoms with Gasteiger partial charge < -0.3 is 0 Å². The Bertz CT molecular complexity index is 779. The second kappa shape index (κ2) is 5.38. The molecule has 0 fully saturated rings. The van der Waals surface area contributed by atoms with E-state index in [-0.39, 0.29) is 9.69 Å². The van der Waals surface area contributed by atoms with Gasteiger partial charge in [0.15, 0.2) is 0 Å². The van der Waals surface area contributed by atoms with Crippen molar-refractivity contribution >= 4 is 20.0 Å². The average Bonchev–Trinajstić information content (AvgIpc) is 2.24. The number of aryl methyl sites for hydroxylation is 1. The zero-order valence-electron chi connectivity index (χ0n) is 10.4. The SMILES string of the molecule is Cc1ccc(C(F)(F)F)c(S(=O)(=O)NS(=O)(=O)C(F)(F)F)c1. The van der Waals surface area contributed by atoms with E-state index >= 15 is 0 Å². The van der Waals surface area contributed by atoms with Gasteiger partial charge in [-0.1, -0.05) is 10.2 Å². The third-order valence-corrected chi connectivity index (χ3v) is 5.54. The summed E-state index contributed by atoms with van der Waals surface area (Å²) in [6.45, 7) is 1.18. The first kappa shape index (κ1) is 18.7. The van der Waals surface area contributed by atoms with Crippen molar-refractivity contribution in [3.05, 3.63) is 29.3 Å². The van der Waals surface area contributed by atoms with E-state index in [1.165, 1.54) is 6.92 Å². The first-order valence-corrected chi connectivity index (χ1v) is 8.07. The standard InChI is InChI=1S/C9H7F6NO4S2/c1-5-2-3-6(8(10,11)12)7(4-5)21(17,18)16-22(19,20)9(13,14)15/h2-4,16H,1H3. The van der Waals surface area contributed by atoms with E-state index in [0.717, 1.165) is 6.07 Å². The molecule has 126 valence electrons. The van der Waals surface area contributed by atoms with Crippen LogP contribution in [0.1, 0.15) is 11.1 Å². The molecule has 0 aliphatic carbocycles. The molecule has 0 bridgehead atoms. The van der Waals surface area contributed by atoms with Gasteiger partial charge in [0, 0.05) is 0 Å². The summed E-state index contributed by atoms with van der Waals surface area (Å²) in [5.74, 6) is 0. The molecule has 0 unspecified atom stereocenters. The molecule has 0 saturated carbocycles. The van der Waals surface area contributed by atoms with Crippen LogP contribution in [0.25, 0.3) is 0 Å². The normalized spacial score (nSPS) is 14.1. The van der Waals surface area contributed by atoms with Crippen molar-refractivity contribution in [1.82, 2.24) is 4.13 Å². The molecule has 0 amide bonds. The molecule has 1 N–H and O–H groups in total. The minimum atomic E-state index is -6.38. The van der Waals surface area contributed by atoms with Gasteiger partial charge in [-0.05, 0) is 24.6 Å². The summed E-state index contributed by atoms with van der Waals surface area (Å²) in [6, 6.07) is 1.61. The number of nitrogens with one attached hydrogen (secondary N) is 1. The predicted octanol–water partition coefficient (Wildman–Crippen LogP) is 2.14. The Morgan fingerprint density at radius 1 is 0.955 bits per heavy atom. The minimum Gasteiger partial charge on any atom is -0.206 e. The van der Waals surface area contributed by atoms with Crippen LogP contribution in [-0.2, 0) is 26.2 Å². The summed E-state index contributed by atoms with van der Waals surface area (Å²) in [4.78, 5) is -1.62. The fourth-order valence-corrected chi connectivity index (χ4v) is 4.03. The Labute approximate surface area is 121 Å². The fourth-order valence-electron chi connectivity index (χ4n) is 1.32. The zero-order valence-corrected chi connectivity index (χ0v) is 12.1. The largest absolute Gasteiger partial charge is 0.512 e. The molecule has 0 radical (unpaired) electrons. The Morgan fingerprint density at radius 3 is 1.86 bits per heavy atom. The van der Waals surface area contributed by atoms with Gasteiger partial charge >= 0.3 is 21.7 Å². The molecular weight excluding hydrogens is 364 g/mol. The number of sulfonamides is 2. The van der Waals surface area contributed by atoms with Crippen LogP contribution in [0.4, 0.5) is 26.3 Å². The molecule has 1 aromatic rings. The van der Waals surface area contributed by atoms with E-state index in [2.05, 4.69) is 0 Å². The Morgan fingerprint density at radius 2 is 1.45 bits per heavy atom. The number of hydrogen-bond acceptors (Lipinski definition) is 4. The van der Waals surface area contributed by atoms with Gasteiger partial charge in [0.1, 0.15) is 0 Å². The molecule has 0 aliphatic rings. The quantitative estimate of drug-likeness (QED) is 0.826. The number of benzene rings is 1. The van der Waals surface area contributed by atoms with Crippen LogP contribution in [0.15, 0.2) is 23.1 Å². The van der Waals surface area contributed by atoms with Crippen LogP contribution in [0.5, 0.6) is 0 Å². The number of halogens is 6. The summed E-state index contributed by atoms with van der Waals surface area (Å²) < 4.78 is 120. The zero-order chi connectivity index (χ0) is 17.6. The summed E-state index contributed by atoms with van der Waals surface area (Å²) >= 11 is 0. The highest BCUT2D eigenvalue weighted by Gasteiger charge is 2.49. The van der Waals surface area contributed by atoms with Gasteiger partial charge in [0.25, 0.3) is 10.0 Å². The number of alkyl halides is 6. The maximum Gasteiger partial charge on any atom is 0.512 e. The molecule has 1 aromatic carbocycles. The van der Waals surface area contributed by atoms with Crippen LogP contribution in [0.3, 0.4) is 0 Å². The molecule has 22 heavy (non-hydrogen) atoms. The van der Waals surface area contributed by atoms with Crippen LogP contribution >= 0.6 is 0 Å². The van der Waals surface area contributed by atoms with Crippen LogP contribution < -0.4 is 4.13 Å². The van der Waals surface area contributed by atoms with E-state index < -0.39 is 42.2 Å². The molecular formula is C9H7F6NO4S2. The summed E-state index contributed by atoms with van der Waals surface area (Å²) in [5.41, 5.74) is -7.82. The average molecular weight is 371 g/mol. The molecule has 0 atom stereocenters. The monoisotopic (exact) mass is 371 g/mol. The molecule has 5 nitrogen and oxygen atoms in total. The third kappa shape index (κ3) is 3.89. The van der Waals surface area contributed by atoms with Gasteiger partial charge in [0.05, 0.1) is 10.5 Å². The van der Waals surface area contributed by atoms with Gasteiger partial charge in [-0.2, -0.15) is 26.3 Å². The fraction of sp³-hybridized carbons (Fsp3) is 0.333. The van der Waals surface area contributed by atoms with Gasteiger partial charge in [-0.25, -0.2) is 16.8 Å². The molecule has 1 rings (SSSR count). The Hall–Kier alpha value is -1.34. The first-order chi connectivity index (χ1) is 9.58. The van der Waals surface area contributed by atoms with Gasteiger partial charge in [-0.15, -0.1) is 0 Å². The van der Waals surface area contributed by atoms with Crippen LogP contribution in [0, 0.1) is 6.92 Å². The van der Waals surface area contributed by atoms with Crippen molar-refractivity contribution in [3.8, 4) is 0 Å². The van der Waals surface area contributed by atoms with Crippen LogP contribution in [-0.4, -0.2) is 22.3 Å². The van der Waals surface area contributed by atoms with E-state index in [0.29, 0.717) is 12.1 Å². The highest BCUT2D eigenvalue weighted by atomic mass is 32.3. The lowest BCUT2D eigenvalue weighted by molar-refractivity contribution is -0.139. The lowest BCUT2D eigenvalue weighted by atomic mass is 10.1. The summed E-state index contributed by atoms with van der Waals surface area (Å²) in [6.07, 6.45) is -5.21. The van der Waals surface area contributed by atoms with Crippen molar-refractivity contribution in [1.29, 1.82) is 0 Å². The molecule has 13 heteroatoms. The highest BCUT2D eigenvalue weighted by molar-refractivity contribution is 8.05. The van der Waals surface area contributed by atoms with Crippen molar-refractivity contribution in [2.75, 3.05) is 0 Å². The third-order valence-electron chi connectivity index (χ3n) is 2.26. The molecule has 0 saturated heterocycles. The summed E-state index contributed by atoms with van der Waals surface area (Å²) in [7, 11) is -12.0. The maximum atomic E-state index is 12.7. The number of rotatable bonds is 3. The molecule has 0 heterocycles. The maximum absolute atomic E-state index is 12.7. The predicted molar refractivity (Wildman–Crippen MR) is 61.5 cm³/mol. The van der Waals surface area contributed by atoms with E-state index in [1.807, 2.05) is 0 Å². The van der Waals surface area contributed by atoms with E-state index in [9.17, 15) is 43.2 Å². The highest BCUT2D eigenvalue weighted by Crippen LogP contribution is 2.35. The van der Waals surface area contributed by atoms with E-state index in [4.69, 9.17) is 0 Å². The topological polar surface area (TPSA) is 80.3 Å². The van der Waals surface area contributed by atoms with Crippen molar-refractivity contribution in [2.24, 2.45) is 0 Å². The second-order valence-corrected chi connectivity index (χ2v) is 7.62. The van der Waals surface area contributed by atoms with Gasteiger partial charge in [-0.3, -0.25) is 0 Å². The lowest BCUT2D eigenvalue weighted by Crippen LogP contribution is -2.40. The molecule has 0 spiro atoms. The molecule has 0 aliphatic heterocycles. The Balaban J connectivity index is 3.52. The van der Waals surface area contributed by atoms with Gasteiger partial charge in [0.2, 0.25) is 0 Å². The minimum absolute atomic E-state index is 0.0298. The Kier molecular flexibility index (Phi) is 4.58. The first-order valence-electron chi connectivity index (χ1n) is 5.11. The van der Waals surface area contributed by atoms with Crippen molar-refractivity contribution < 1.29 is 43.2 Å². The number of hydrogen-bond donors (Lipinski definition) is 1. The lowest BCUT2D eigenvalue weighted by Gasteiger charge is -2.15. The van der Waals surface area contributed by atoms with Crippen molar-refractivity contribution in [2.45, 2.75) is 23.5 Å². The van der Waals surface area contributed by atoms with E-state index in [1.54, 1.807) is 0 Å².